The van der Waals surface area contributed by atoms with Crippen LogP contribution in [0.1, 0.15) is 0 Å². The summed E-state index contributed by atoms with van der Waals surface area (Å²) in [7, 11) is 0.793. The van der Waals surface area contributed by atoms with Crippen molar-refractivity contribution in [3.63, 3.8) is 0 Å². The van der Waals surface area contributed by atoms with Crippen LogP contribution in [0.25, 0.3) is 0 Å². The smallest absolute Gasteiger partial charge is 0.172 e. The standard InChI is InChI=1S/C9H14ClNSi/c1-11-7-8-12(10)9-5-3-2-4-6-9/h2-6,11-12H,7-8H2,1H3. The monoisotopic (exact) mass is 199 g/mol. The van der Waals surface area contributed by atoms with E-state index in [2.05, 4.69) is 29.6 Å². The van der Waals surface area contributed by atoms with Gasteiger partial charge in [-0.3, -0.25) is 0 Å². The molecular formula is C9H14ClNSi. The minimum absolute atomic E-state index is 1.02. The van der Waals surface area contributed by atoms with Gasteiger partial charge in [0.25, 0.3) is 0 Å². The second-order valence-electron chi connectivity index (χ2n) is 2.77. The molecule has 0 spiro atoms. The zero-order valence-electron chi connectivity index (χ0n) is 7.26. The van der Waals surface area contributed by atoms with Gasteiger partial charge in [-0.15, -0.1) is 0 Å². The van der Waals surface area contributed by atoms with Gasteiger partial charge in [-0.2, -0.15) is 11.1 Å². The number of benzene rings is 1. The van der Waals surface area contributed by atoms with E-state index in [9.17, 15) is 0 Å². The molecule has 3 heteroatoms. The number of rotatable bonds is 4. The van der Waals surface area contributed by atoms with Gasteiger partial charge in [-0.1, -0.05) is 30.3 Å². The third-order valence-electron chi connectivity index (χ3n) is 1.81. The predicted octanol–water partition coefficient (Wildman–Crippen LogP) is 1.08. The van der Waals surface area contributed by atoms with Crippen molar-refractivity contribution in [2.75, 3.05) is 13.6 Å². The SMILES string of the molecule is CNCC[SiH](Cl)c1ccccc1. The fraction of sp³-hybridized carbons (Fsp3) is 0.333. The third kappa shape index (κ3) is 2.97. The lowest BCUT2D eigenvalue weighted by molar-refractivity contribution is 0.859. The van der Waals surface area contributed by atoms with Crippen molar-refractivity contribution in [1.82, 2.24) is 5.32 Å². The maximum Gasteiger partial charge on any atom is 0.172 e. The molecule has 1 nitrogen and oxygen atoms in total. The number of hydrogen-bond donors (Lipinski definition) is 1. The Morgan fingerprint density at radius 3 is 2.58 bits per heavy atom. The van der Waals surface area contributed by atoms with Crippen molar-refractivity contribution in [3.05, 3.63) is 30.3 Å². The largest absolute Gasteiger partial charge is 0.320 e. The Morgan fingerprint density at radius 1 is 1.33 bits per heavy atom. The van der Waals surface area contributed by atoms with E-state index in [0.717, 1.165) is 12.6 Å². The fourth-order valence-electron chi connectivity index (χ4n) is 1.10. The Labute approximate surface area is 80.1 Å². The highest BCUT2D eigenvalue weighted by Crippen LogP contribution is 1.98. The van der Waals surface area contributed by atoms with Crippen LogP contribution >= 0.6 is 11.1 Å². The molecule has 0 aliphatic carbocycles. The highest BCUT2D eigenvalue weighted by Gasteiger charge is 2.07. The van der Waals surface area contributed by atoms with Crippen LogP contribution in [0.2, 0.25) is 6.04 Å². The molecule has 1 atom stereocenters. The van der Waals surface area contributed by atoms with Gasteiger partial charge in [-0.05, 0) is 24.8 Å². The maximum absolute atomic E-state index is 6.28. The number of halogens is 1. The van der Waals surface area contributed by atoms with E-state index in [1.54, 1.807) is 0 Å². The molecule has 1 rings (SSSR count). The van der Waals surface area contributed by atoms with Gasteiger partial charge in [0.05, 0.1) is 0 Å². The molecule has 1 N–H and O–H groups in total. The molecule has 1 aromatic rings. The van der Waals surface area contributed by atoms with E-state index in [4.69, 9.17) is 11.1 Å². The molecule has 0 bridgehead atoms. The van der Waals surface area contributed by atoms with Crippen molar-refractivity contribution >= 4 is 24.4 Å². The molecule has 0 saturated carbocycles. The minimum Gasteiger partial charge on any atom is -0.320 e. The zero-order chi connectivity index (χ0) is 8.81. The first-order valence-corrected chi connectivity index (χ1v) is 7.32. The van der Waals surface area contributed by atoms with E-state index in [-0.39, 0.29) is 0 Å². The fourth-order valence-corrected chi connectivity index (χ4v) is 3.38. The summed E-state index contributed by atoms with van der Waals surface area (Å²) in [6.07, 6.45) is 0. The minimum atomic E-state index is -1.17. The molecule has 0 saturated heterocycles. The lowest BCUT2D eigenvalue weighted by Gasteiger charge is -2.06. The van der Waals surface area contributed by atoms with Crippen LogP contribution in [-0.4, -0.2) is 21.7 Å². The predicted molar refractivity (Wildman–Crippen MR) is 57.8 cm³/mol. The molecule has 0 amide bonds. The van der Waals surface area contributed by atoms with E-state index < -0.39 is 8.11 Å². The van der Waals surface area contributed by atoms with E-state index in [1.165, 1.54) is 5.19 Å². The zero-order valence-corrected chi connectivity index (χ0v) is 9.17. The Morgan fingerprint density at radius 2 is 2.00 bits per heavy atom. The van der Waals surface area contributed by atoms with Gasteiger partial charge in [0, 0.05) is 0 Å². The topological polar surface area (TPSA) is 12.0 Å². The molecule has 0 radical (unpaired) electrons. The summed E-state index contributed by atoms with van der Waals surface area (Å²) in [6, 6.07) is 11.5. The first-order valence-electron chi connectivity index (χ1n) is 4.18. The summed E-state index contributed by atoms with van der Waals surface area (Å²) < 4.78 is 0. The number of nitrogens with one attached hydrogen (secondary N) is 1. The van der Waals surface area contributed by atoms with E-state index in [1.807, 2.05) is 13.1 Å². The molecule has 66 valence electrons. The molecule has 0 fully saturated rings. The lowest BCUT2D eigenvalue weighted by Crippen LogP contribution is -2.27. The average Bonchev–Trinajstić information content (AvgIpc) is 2.15. The van der Waals surface area contributed by atoms with Gasteiger partial charge in [0.2, 0.25) is 0 Å². The average molecular weight is 200 g/mol. The van der Waals surface area contributed by atoms with Crippen LogP contribution in [-0.2, 0) is 0 Å². The molecule has 12 heavy (non-hydrogen) atoms. The van der Waals surface area contributed by atoms with Gasteiger partial charge in [-0.25, -0.2) is 0 Å². The van der Waals surface area contributed by atoms with Crippen molar-refractivity contribution < 1.29 is 0 Å². The quantitative estimate of drug-likeness (QED) is 0.566. The Bertz CT molecular complexity index is 215. The van der Waals surface area contributed by atoms with Gasteiger partial charge in [0.1, 0.15) is 0 Å². The second kappa shape index (κ2) is 5.35. The Kier molecular flexibility index (Phi) is 4.36. The van der Waals surface area contributed by atoms with Crippen LogP contribution in [0.15, 0.2) is 30.3 Å². The summed E-state index contributed by atoms with van der Waals surface area (Å²) in [5, 5.41) is 4.46. The lowest BCUT2D eigenvalue weighted by atomic mass is 10.4. The van der Waals surface area contributed by atoms with Crippen molar-refractivity contribution in [3.8, 4) is 0 Å². The Hall–Kier alpha value is -0.313. The van der Waals surface area contributed by atoms with Crippen LogP contribution < -0.4 is 10.5 Å². The van der Waals surface area contributed by atoms with Crippen LogP contribution in [0.5, 0.6) is 0 Å². The summed E-state index contributed by atoms with van der Waals surface area (Å²) in [5.74, 6) is 0. The molecular weight excluding hydrogens is 186 g/mol. The molecule has 0 aliphatic heterocycles. The van der Waals surface area contributed by atoms with Gasteiger partial charge >= 0.3 is 0 Å². The summed E-state index contributed by atoms with van der Waals surface area (Å²) in [5.41, 5.74) is 0. The Balaban J connectivity index is 2.48. The van der Waals surface area contributed by atoms with Crippen molar-refractivity contribution in [1.29, 1.82) is 0 Å². The van der Waals surface area contributed by atoms with Crippen LogP contribution in [0.4, 0.5) is 0 Å². The van der Waals surface area contributed by atoms with E-state index >= 15 is 0 Å². The highest BCUT2D eigenvalue weighted by molar-refractivity contribution is 7.14. The van der Waals surface area contributed by atoms with Crippen LogP contribution in [0.3, 0.4) is 0 Å². The first-order chi connectivity index (χ1) is 5.84. The molecule has 0 aliphatic rings. The third-order valence-corrected chi connectivity index (χ3v) is 5.12. The van der Waals surface area contributed by atoms with Crippen molar-refractivity contribution in [2.24, 2.45) is 0 Å². The molecule has 1 unspecified atom stereocenters. The van der Waals surface area contributed by atoms with Gasteiger partial charge in [0.15, 0.2) is 8.11 Å². The summed E-state index contributed by atoms with van der Waals surface area (Å²) in [4.78, 5) is 0. The summed E-state index contributed by atoms with van der Waals surface area (Å²) in [6.45, 7) is 1.02. The van der Waals surface area contributed by atoms with Gasteiger partial charge < -0.3 is 5.32 Å². The number of hydrogen-bond acceptors (Lipinski definition) is 1. The molecule has 0 aromatic heterocycles. The van der Waals surface area contributed by atoms with E-state index in [0.29, 0.717) is 0 Å². The molecule has 0 heterocycles. The maximum atomic E-state index is 6.28. The first kappa shape index (κ1) is 9.77. The second-order valence-corrected chi connectivity index (χ2v) is 6.53. The normalized spacial score (nSPS) is 12.8. The van der Waals surface area contributed by atoms with Crippen molar-refractivity contribution in [2.45, 2.75) is 6.04 Å². The summed E-state index contributed by atoms with van der Waals surface area (Å²) >= 11 is 6.28. The van der Waals surface area contributed by atoms with Crippen LogP contribution in [0, 0.1) is 0 Å². The highest BCUT2D eigenvalue weighted by atomic mass is 35.6. The molecule has 1 aromatic carbocycles.